The van der Waals surface area contributed by atoms with Gasteiger partial charge in [-0.1, -0.05) is 121 Å². The number of anilines is 3. The van der Waals surface area contributed by atoms with Gasteiger partial charge in [0.15, 0.2) is 0 Å². The Morgan fingerprint density at radius 1 is 0.621 bits per heavy atom. The van der Waals surface area contributed by atoms with Crippen molar-refractivity contribution in [3.63, 3.8) is 0 Å². The second-order valence-electron chi connectivity index (χ2n) is 25.2. The Morgan fingerprint density at radius 3 is 1.51 bits per heavy atom. The summed E-state index contributed by atoms with van der Waals surface area (Å²) in [7, 11) is 5.38. The summed E-state index contributed by atoms with van der Waals surface area (Å²) in [5, 5.41) is 16.3. The number of amides is 6. The van der Waals surface area contributed by atoms with E-state index in [1.165, 1.54) is 25.7 Å². The second kappa shape index (κ2) is 35.5. The topological polar surface area (TPSA) is 237 Å². The number of nitrogens with one attached hydrogen (secondary N) is 4. The van der Waals surface area contributed by atoms with Crippen LogP contribution in [-0.2, 0) is 43.6 Å². The summed E-state index contributed by atoms with van der Waals surface area (Å²) in [5.74, 6) is -0.498. The minimum atomic E-state index is -0.946. The second-order valence-corrected chi connectivity index (χ2v) is 25.2. The molecular weight excluding hydrogens is 1100 g/mol. The third-order valence-corrected chi connectivity index (χ3v) is 17.1. The van der Waals surface area contributed by atoms with Gasteiger partial charge in [-0.05, 0) is 142 Å². The smallest absolute Gasteiger partial charge is 0.407 e. The molecule has 478 valence electrons. The van der Waals surface area contributed by atoms with Crippen LogP contribution in [0.3, 0.4) is 0 Å². The number of azide groups is 1. The average molecular weight is 1200 g/mol. The molecule has 4 aliphatic rings. The number of carbonyl (C=O) groups excluding carboxylic acids is 6. The Balaban J connectivity index is 1.19. The third kappa shape index (κ3) is 21.1. The molecule has 2 atom stereocenters. The molecule has 3 aliphatic carbocycles. The average Bonchev–Trinajstić information content (AvgIpc) is 0.949. The van der Waals surface area contributed by atoms with E-state index < -0.39 is 17.1 Å². The minimum Gasteiger partial charge on any atom is -0.444 e. The summed E-state index contributed by atoms with van der Waals surface area (Å²) in [5.41, 5.74) is 15.5. The number of likely N-dealkylation sites (tertiary alicyclic amines) is 1. The van der Waals surface area contributed by atoms with Crippen LogP contribution < -0.4 is 21.3 Å². The number of rotatable bonds is 39. The molecule has 87 heavy (non-hydrogen) atoms. The molecule has 1 heterocycles. The van der Waals surface area contributed by atoms with Crippen molar-refractivity contribution in [3.8, 4) is 0 Å². The molecule has 2 bridgehead atoms. The van der Waals surface area contributed by atoms with Gasteiger partial charge < -0.3 is 45.3 Å². The quantitative estimate of drug-likeness (QED) is 0.0182. The Hall–Kier alpha value is -6.53. The largest absolute Gasteiger partial charge is 0.444 e. The summed E-state index contributed by atoms with van der Waals surface area (Å²) in [4.78, 5) is 88.9. The van der Waals surface area contributed by atoms with Gasteiger partial charge in [0.25, 0.3) is 0 Å². The lowest BCUT2D eigenvalue weighted by molar-refractivity contribution is -0.135. The van der Waals surface area contributed by atoms with E-state index in [9.17, 15) is 28.8 Å². The summed E-state index contributed by atoms with van der Waals surface area (Å²) in [6.45, 7) is 12.9. The first-order valence-corrected chi connectivity index (χ1v) is 32.6. The number of carbonyl (C=O) groups is 6. The van der Waals surface area contributed by atoms with Crippen LogP contribution in [0, 0.1) is 0 Å². The fraction of sp³-hybridized carbons (Fsp3) is 0.647. The predicted octanol–water partition coefficient (Wildman–Crippen LogP) is 13.1. The predicted molar refractivity (Wildman–Crippen MR) is 344 cm³/mol. The molecular formula is C68H102N10O9. The van der Waals surface area contributed by atoms with Gasteiger partial charge in [-0.2, -0.15) is 0 Å². The maximum Gasteiger partial charge on any atom is 0.407 e. The van der Waals surface area contributed by atoms with E-state index in [0.717, 1.165) is 110 Å². The zero-order valence-corrected chi connectivity index (χ0v) is 53.7. The van der Waals surface area contributed by atoms with Crippen LogP contribution in [0.1, 0.15) is 222 Å². The van der Waals surface area contributed by atoms with Crippen LogP contribution in [0.4, 0.5) is 21.9 Å². The number of likely N-dealkylation sites (N-methyl/N-ethyl adjacent to an activating group) is 3. The maximum atomic E-state index is 14.6. The highest BCUT2D eigenvalue weighted by atomic mass is 16.6. The molecule has 0 unspecified atom stereocenters. The molecule has 7 rings (SSSR count). The molecule has 3 aromatic rings. The van der Waals surface area contributed by atoms with Crippen LogP contribution in [0.2, 0.25) is 0 Å². The molecule has 19 heteroatoms. The first kappa shape index (κ1) is 69.6. The van der Waals surface area contributed by atoms with Crippen molar-refractivity contribution < 1.29 is 43.0 Å². The van der Waals surface area contributed by atoms with Crippen molar-refractivity contribution in [3.05, 3.63) is 98.4 Å². The Bertz CT molecular complexity index is 2710. The van der Waals surface area contributed by atoms with E-state index in [4.69, 9.17) is 19.7 Å². The normalized spacial score (nSPS) is 17.3. The van der Waals surface area contributed by atoms with Crippen LogP contribution in [-0.4, -0.2) is 142 Å². The van der Waals surface area contributed by atoms with E-state index >= 15 is 0 Å². The molecule has 1 fully saturated rings. The van der Waals surface area contributed by atoms with Crippen molar-refractivity contribution in [1.82, 2.24) is 20.0 Å². The molecule has 0 saturated carbocycles. The van der Waals surface area contributed by atoms with Crippen molar-refractivity contribution in [2.24, 2.45) is 5.11 Å². The number of hydrogen-bond donors (Lipinski definition) is 4. The van der Waals surface area contributed by atoms with Gasteiger partial charge in [-0.3, -0.25) is 28.9 Å². The number of alkyl carbamates (subject to hydrolysis) is 1. The zero-order chi connectivity index (χ0) is 62.8. The Labute approximate surface area is 518 Å². The van der Waals surface area contributed by atoms with E-state index in [0.29, 0.717) is 102 Å². The fourth-order valence-electron chi connectivity index (χ4n) is 12.5. The van der Waals surface area contributed by atoms with E-state index in [1.54, 1.807) is 23.9 Å². The van der Waals surface area contributed by atoms with Gasteiger partial charge >= 0.3 is 6.09 Å². The summed E-state index contributed by atoms with van der Waals surface area (Å²) in [6, 6.07) is 18.0. The minimum absolute atomic E-state index is 0.0405. The van der Waals surface area contributed by atoms with Crippen molar-refractivity contribution >= 4 is 52.7 Å². The molecule has 1 aliphatic heterocycles. The van der Waals surface area contributed by atoms with Gasteiger partial charge in [0.1, 0.15) is 5.60 Å². The molecule has 19 nitrogen and oxygen atoms in total. The fourth-order valence-corrected chi connectivity index (χ4v) is 12.5. The first-order chi connectivity index (χ1) is 41.9. The number of hydrogen-bond acceptors (Lipinski definition) is 11. The highest BCUT2D eigenvalue weighted by Crippen LogP contribution is 2.62. The molecule has 6 amide bonds. The van der Waals surface area contributed by atoms with Crippen LogP contribution in [0.25, 0.3) is 10.4 Å². The maximum absolute atomic E-state index is 14.6. The number of benzene rings is 3. The van der Waals surface area contributed by atoms with Crippen LogP contribution >= 0.6 is 0 Å². The van der Waals surface area contributed by atoms with Crippen molar-refractivity contribution in [1.29, 1.82) is 0 Å². The lowest BCUT2D eigenvalue weighted by Gasteiger charge is -2.51. The van der Waals surface area contributed by atoms with Gasteiger partial charge in [-0.15, -0.1) is 0 Å². The molecule has 1 saturated heterocycles. The van der Waals surface area contributed by atoms with Gasteiger partial charge in [0.05, 0.1) is 38.5 Å². The van der Waals surface area contributed by atoms with Crippen molar-refractivity contribution in [2.45, 2.75) is 211 Å². The molecule has 0 spiro atoms. The highest BCUT2D eigenvalue weighted by Gasteiger charge is 2.52. The van der Waals surface area contributed by atoms with Crippen molar-refractivity contribution in [2.75, 3.05) is 89.7 Å². The van der Waals surface area contributed by atoms with Gasteiger partial charge in [-0.25, -0.2) is 4.79 Å². The van der Waals surface area contributed by atoms with Crippen LogP contribution in [0.15, 0.2) is 59.7 Å². The number of unbranched alkanes of at least 4 members (excludes halogenated alkanes) is 14. The van der Waals surface area contributed by atoms with Crippen LogP contribution in [0.5, 0.6) is 0 Å². The summed E-state index contributed by atoms with van der Waals surface area (Å²) < 4.78 is 17.1. The third-order valence-electron chi connectivity index (χ3n) is 17.1. The number of ether oxygens (including phenoxy) is 3. The lowest BCUT2D eigenvalue weighted by atomic mass is 9.51. The Kier molecular flexibility index (Phi) is 28.4. The van der Waals surface area contributed by atoms with Gasteiger partial charge in [0, 0.05) is 99.3 Å². The SMILES string of the molecule is CCCCCCCCC(=O)Nc1ccc2c(c1)C1(CCC(=O)N(C)CCOCCOCCN(C)C(=O)[C@@H]3C[C@H](N=[N+]=[N-])CN3C)c3cc(NC(=O)CCCCCCCC)ccc3C2c2ccc(NC(=O)CCCCCCCNC(=O)OC(C)(C)C)cc21. The molecule has 0 aromatic heterocycles. The Morgan fingerprint density at radius 2 is 1.06 bits per heavy atom. The zero-order valence-electron chi connectivity index (χ0n) is 53.7. The van der Waals surface area contributed by atoms with Gasteiger partial charge in [0.2, 0.25) is 29.5 Å². The molecule has 3 aromatic carbocycles. The first-order valence-electron chi connectivity index (χ1n) is 32.6. The molecule has 0 radical (unpaired) electrons. The van der Waals surface area contributed by atoms with E-state index in [1.807, 2.05) is 50.9 Å². The van der Waals surface area contributed by atoms with E-state index in [-0.39, 0.29) is 60.6 Å². The summed E-state index contributed by atoms with van der Waals surface area (Å²) >= 11 is 0. The number of nitrogens with zero attached hydrogens (tertiary/aromatic N) is 6. The standard InChI is InChI=1S/C68H102N10O9/c1-9-11-13-15-18-22-26-60(79)71-49-29-32-53-56(44-49)68(36-35-63(82)76(6)38-40-85-42-43-86-41-39-77(7)65(83)59-47-52(74-75-69)48-78(59)8)57-45-50(72-61(80)27-23-19-16-14-12-10-2)30-33-54(57)64(53)55-34-31-51(46-58(55)68)73-62(81)28-24-20-17-21-25-37-70-66(84)87-67(3,4)5/h29-34,44-46,52,59,64H,9-28,35-43,47-48H2,1-8H3,(H,70,84)(H,71,79)(H,72,80)(H,73,81)/t52-,59-,64?,68?/m0/s1. The lowest BCUT2D eigenvalue weighted by Crippen LogP contribution is -2.43. The van der Waals surface area contributed by atoms with E-state index in [2.05, 4.69) is 81.5 Å². The summed E-state index contributed by atoms with van der Waals surface area (Å²) in [6.07, 6.45) is 18.9. The highest BCUT2D eigenvalue weighted by molar-refractivity contribution is 5.94. The monoisotopic (exact) mass is 1200 g/mol. The molecule has 4 N–H and O–H groups in total.